The van der Waals surface area contributed by atoms with E-state index >= 15 is 0 Å². The van der Waals surface area contributed by atoms with Crippen LogP contribution in [0.2, 0.25) is 0 Å². The van der Waals surface area contributed by atoms with E-state index in [0.717, 1.165) is 78.5 Å². The fourth-order valence-electron chi connectivity index (χ4n) is 2.21. The van der Waals surface area contributed by atoms with E-state index in [1.807, 2.05) is 0 Å². The van der Waals surface area contributed by atoms with Gasteiger partial charge in [0.05, 0.1) is 0 Å². The molecule has 0 atom stereocenters. The molecule has 0 aromatic heterocycles. The molecule has 0 aromatic carbocycles. The van der Waals surface area contributed by atoms with Crippen LogP contribution in [0.5, 0.6) is 0 Å². The van der Waals surface area contributed by atoms with Gasteiger partial charge < -0.3 is 22.1 Å². The van der Waals surface area contributed by atoms with Gasteiger partial charge in [-0.05, 0) is 0 Å². The van der Waals surface area contributed by atoms with Gasteiger partial charge in [0.2, 0.25) is 0 Å². The quantitative estimate of drug-likeness (QED) is 0.454. The normalized spacial score (nSPS) is 22.3. The standard InChI is InChI=1S/C8H20N4.C4H10N2/c9-1-3-11-5-7-12(4-2-10)8-6-11;1-2-6-4-3-5-1/h1-10H2;5-6H,1-4H2. The molecule has 2 aliphatic rings. The van der Waals surface area contributed by atoms with E-state index in [-0.39, 0.29) is 0 Å². The number of hydrogen-bond donors (Lipinski definition) is 4. The van der Waals surface area contributed by atoms with Crippen LogP contribution in [0.3, 0.4) is 0 Å². The van der Waals surface area contributed by atoms with Gasteiger partial charge in [0.25, 0.3) is 0 Å². The first-order chi connectivity index (χ1) is 8.86. The van der Waals surface area contributed by atoms with E-state index in [1.165, 1.54) is 0 Å². The zero-order valence-corrected chi connectivity index (χ0v) is 11.5. The lowest BCUT2D eigenvalue weighted by molar-refractivity contribution is 0.138. The Morgan fingerprint density at radius 3 is 1.22 bits per heavy atom. The Morgan fingerprint density at radius 2 is 1.00 bits per heavy atom. The Kier molecular flexibility index (Phi) is 9.37. The van der Waals surface area contributed by atoms with Crippen LogP contribution in [0.4, 0.5) is 0 Å². The maximum atomic E-state index is 5.48. The van der Waals surface area contributed by atoms with Gasteiger partial charge in [-0.3, -0.25) is 9.80 Å². The molecular weight excluding hydrogens is 228 g/mol. The van der Waals surface area contributed by atoms with Crippen LogP contribution in [0.1, 0.15) is 0 Å². The highest BCUT2D eigenvalue weighted by Gasteiger charge is 2.14. The number of nitrogens with zero attached hydrogens (tertiary/aromatic N) is 2. The molecule has 2 heterocycles. The lowest BCUT2D eigenvalue weighted by Gasteiger charge is -2.34. The zero-order valence-electron chi connectivity index (χ0n) is 11.5. The number of rotatable bonds is 4. The molecule has 6 N–H and O–H groups in total. The van der Waals surface area contributed by atoms with E-state index < -0.39 is 0 Å². The van der Waals surface area contributed by atoms with Crippen molar-refractivity contribution in [3.63, 3.8) is 0 Å². The molecule has 0 saturated carbocycles. The van der Waals surface area contributed by atoms with Gasteiger partial charge in [0.1, 0.15) is 0 Å². The Morgan fingerprint density at radius 1 is 0.667 bits per heavy atom. The zero-order chi connectivity index (χ0) is 13.1. The molecule has 18 heavy (non-hydrogen) atoms. The van der Waals surface area contributed by atoms with Gasteiger partial charge in [-0.2, -0.15) is 0 Å². The number of nitrogens with one attached hydrogen (secondary N) is 2. The molecule has 2 aliphatic heterocycles. The highest BCUT2D eigenvalue weighted by Crippen LogP contribution is 1.99. The Labute approximate surface area is 111 Å². The summed E-state index contributed by atoms with van der Waals surface area (Å²) in [5.74, 6) is 0. The van der Waals surface area contributed by atoms with E-state index in [9.17, 15) is 0 Å². The van der Waals surface area contributed by atoms with Crippen molar-refractivity contribution in [2.45, 2.75) is 0 Å². The van der Waals surface area contributed by atoms with Gasteiger partial charge in [-0.1, -0.05) is 0 Å². The second kappa shape index (κ2) is 10.7. The molecule has 0 spiro atoms. The van der Waals surface area contributed by atoms with Crippen LogP contribution in [0, 0.1) is 0 Å². The average Bonchev–Trinajstić information content (AvgIpc) is 2.44. The van der Waals surface area contributed by atoms with Crippen LogP contribution in [0.25, 0.3) is 0 Å². The molecule has 0 aliphatic carbocycles. The molecule has 6 nitrogen and oxygen atoms in total. The number of hydrogen-bond acceptors (Lipinski definition) is 6. The summed E-state index contributed by atoms with van der Waals surface area (Å²) >= 11 is 0. The van der Waals surface area contributed by atoms with Crippen molar-refractivity contribution in [1.29, 1.82) is 0 Å². The molecule has 0 unspecified atom stereocenters. The average molecular weight is 258 g/mol. The number of piperazine rings is 2. The summed E-state index contributed by atoms with van der Waals surface area (Å²) in [5, 5.41) is 6.44. The first-order valence-corrected chi connectivity index (χ1v) is 7.13. The molecule has 0 aromatic rings. The molecule has 0 radical (unpaired) electrons. The van der Waals surface area contributed by atoms with Crippen molar-refractivity contribution in [3.05, 3.63) is 0 Å². The van der Waals surface area contributed by atoms with E-state index in [0.29, 0.717) is 0 Å². The minimum atomic E-state index is 0.775. The van der Waals surface area contributed by atoms with Crippen molar-refractivity contribution in [1.82, 2.24) is 20.4 Å². The van der Waals surface area contributed by atoms with Gasteiger partial charge in [-0.25, -0.2) is 0 Å². The van der Waals surface area contributed by atoms with Crippen LogP contribution in [-0.2, 0) is 0 Å². The third kappa shape index (κ3) is 7.25. The lowest BCUT2D eigenvalue weighted by atomic mass is 10.3. The molecule has 6 heteroatoms. The minimum Gasteiger partial charge on any atom is -0.329 e. The Hall–Kier alpha value is -0.240. The summed E-state index contributed by atoms with van der Waals surface area (Å²) in [4.78, 5) is 4.82. The molecule has 2 saturated heterocycles. The number of nitrogens with two attached hydrogens (primary N) is 2. The molecule has 2 fully saturated rings. The fourth-order valence-corrected chi connectivity index (χ4v) is 2.21. The summed E-state index contributed by atoms with van der Waals surface area (Å²) in [5.41, 5.74) is 11.0. The highest BCUT2D eigenvalue weighted by molar-refractivity contribution is 4.71. The van der Waals surface area contributed by atoms with Crippen LogP contribution in [0.15, 0.2) is 0 Å². The van der Waals surface area contributed by atoms with Gasteiger partial charge >= 0.3 is 0 Å². The molecule has 0 bridgehead atoms. The second-order valence-corrected chi connectivity index (χ2v) is 4.76. The largest absolute Gasteiger partial charge is 0.329 e. The third-order valence-corrected chi connectivity index (χ3v) is 3.31. The second-order valence-electron chi connectivity index (χ2n) is 4.76. The maximum absolute atomic E-state index is 5.48. The van der Waals surface area contributed by atoms with Crippen molar-refractivity contribution in [3.8, 4) is 0 Å². The molecule has 108 valence electrons. The van der Waals surface area contributed by atoms with Crippen LogP contribution >= 0.6 is 0 Å². The molecule has 0 amide bonds. The topological polar surface area (TPSA) is 82.6 Å². The highest BCUT2D eigenvalue weighted by atomic mass is 15.3. The van der Waals surface area contributed by atoms with Crippen molar-refractivity contribution < 1.29 is 0 Å². The Balaban J connectivity index is 0.000000225. The predicted octanol–water partition coefficient (Wildman–Crippen LogP) is -2.30. The molecule has 2 rings (SSSR count). The van der Waals surface area contributed by atoms with E-state index in [2.05, 4.69) is 20.4 Å². The summed E-state index contributed by atoms with van der Waals surface area (Å²) in [6.45, 7) is 12.8. The minimum absolute atomic E-state index is 0.775. The first-order valence-electron chi connectivity index (χ1n) is 7.13. The lowest BCUT2D eigenvalue weighted by Crippen LogP contribution is -2.48. The van der Waals surface area contributed by atoms with Crippen molar-refractivity contribution in [2.75, 3.05) is 78.5 Å². The van der Waals surface area contributed by atoms with Gasteiger partial charge in [0.15, 0.2) is 0 Å². The van der Waals surface area contributed by atoms with Gasteiger partial charge in [-0.15, -0.1) is 0 Å². The SMILES string of the molecule is C1CNCCN1.NCCN1CCN(CCN)CC1. The maximum Gasteiger partial charge on any atom is 0.0110 e. The summed E-state index contributed by atoms with van der Waals surface area (Å²) in [7, 11) is 0. The third-order valence-electron chi connectivity index (χ3n) is 3.31. The summed E-state index contributed by atoms with van der Waals surface area (Å²) in [6.07, 6.45) is 0. The predicted molar refractivity (Wildman–Crippen MR) is 76.7 cm³/mol. The smallest absolute Gasteiger partial charge is 0.0110 e. The monoisotopic (exact) mass is 258 g/mol. The van der Waals surface area contributed by atoms with Crippen LogP contribution in [-0.4, -0.2) is 88.3 Å². The van der Waals surface area contributed by atoms with Gasteiger partial charge in [0, 0.05) is 78.5 Å². The molecular formula is C12H30N6. The summed E-state index contributed by atoms with van der Waals surface area (Å²) < 4.78 is 0. The first kappa shape index (κ1) is 15.8. The van der Waals surface area contributed by atoms with Crippen molar-refractivity contribution >= 4 is 0 Å². The van der Waals surface area contributed by atoms with E-state index in [1.54, 1.807) is 0 Å². The van der Waals surface area contributed by atoms with Crippen LogP contribution < -0.4 is 22.1 Å². The fraction of sp³-hybridized carbons (Fsp3) is 1.00. The Bertz CT molecular complexity index is 152. The van der Waals surface area contributed by atoms with Crippen molar-refractivity contribution in [2.24, 2.45) is 11.5 Å². The van der Waals surface area contributed by atoms with E-state index in [4.69, 9.17) is 11.5 Å². The summed E-state index contributed by atoms with van der Waals surface area (Å²) in [6, 6.07) is 0.